The quantitative estimate of drug-likeness (QED) is 0.826. The number of hydrogen-bond acceptors (Lipinski definition) is 2. The van der Waals surface area contributed by atoms with Crippen molar-refractivity contribution in [1.82, 2.24) is 0 Å². The predicted molar refractivity (Wildman–Crippen MR) is 77.0 cm³/mol. The molecule has 0 bridgehead atoms. The zero-order chi connectivity index (χ0) is 13.0. The molecule has 0 unspecified atom stereocenters. The Labute approximate surface area is 110 Å². The van der Waals surface area contributed by atoms with Crippen LogP contribution in [0.4, 0.5) is 5.69 Å². The number of hydrogen-bond donors (Lipinski definition) is 2. The van der Waals surface area contributed by atoms with Crippen molar-refractivity contribution < 1.29 is 9.90 Å². The third-order valence-corrected chi connectivity index (χ3v) is 2.94. The monoisotopic (exact) mass is 259 g/mol. The average Bonchev–Trinajstić information content (AvgIpc) is 2.37. The van der Waals surface area contributed by atoms with Crippen molar-refractivity contribution in [3.05, 3.63) is 42.5 Å². The van der Waals surface area contributed by atoms with Crippen molar-refractivity contribution in [3.8, 4) is 0 Å². The molecular formula is C14H13NO2S. The van der Waals surface area contributed by atoms with Crippen LogP contribution in [0.15, 0.2) is 42.5 Å². The van der Waals surface area contributed by atoms with Gasteiger partial charge >= 0.3 is 5.97 Å². The summed E-state index contributed by atoms with van der Waals surface area (Å²) in [5.41, 5.74) is 0.920. The first kappa shape index (κ1) is 12.5. The Kier molecular flexibility index (Phi) is 3.89. The lowest BCUT2D eigenvalue weighted by atomic mass is 10.1. The summed E-state index contributed by atoms with van der Waals surface area (Å²) >= 11 is 5.14. The summed E-state index contributed by atoms with van der Waals surface area (Å²) in [5, 5.41) is 13.9. The summed E-state index contributed by atoms with van der Waals surface area (Å²) < 4.78 is 0. The van der Waals surface area contributed by atoms with E-state index < -0.39 is 5.97 Å². The van der Waals surface area contributed by atoms with Crippen LogP contribution in [-0.4, -0.2) is 16.1 Å². The molecule has 92 valence electrons. The van der Waals surface area contributed by atoms with Crippen LogP contribution in [0, 0.1) is 0 Å². The Morgan fingerprint density at radius 3 is 2.61 bits per heavy atom. The summed E-state index contributed by atoms with van der Waals surface area (Å²) in [4.78, 5) is 11.0. The molecule has 2 rings (SSSR count). The van der Waals surface area contributed by atoms with Crippen LogP contribution >= 0.6 is 12.2 Å². The van der Waals surface area contributed by atoms with Gasteiger partial charge in [-0.25, -0.2) is 0 Å². The SMILES string of the molecule is O=C(O)CCC(=S)Nc1cccc2ccccc12. The standard InChI is InChI=1S/C14H13NO2S/c16-14(17)9-8-13(18)15-12-7-3-5-10-4-1-2-6-11(10)12/h1-7H,8-9H2,(H,15,18)(H,16,17). The predicted octanol–water partition coefficient (Wildman–Crippen LogP) is 3.44. The number of carboxylic acid groups (broad SMARTS) is 1. The van der Waals surface area contributed by atoms with Gasteiger partial charge in [-0.2, -0.15) is 0 Å². The van der Waals surface area contributed by atoms with E-state index in [0.29, 0.717) is 11.4 Å². The van der Waals surface area contributed by atoms with Crippen LogP contribution in [0.2, 0.25) is 0 Å². The van der Waals surface area contributed by atoms with Crippen LogP contribution in [0.1, 0.15) is 12.8 Å². The molecule has 18 heavy (non-hydrogen) atoms. The maximum Gasteiger partial charge on any atom is 0.303 e. The second-order valence-electron chi connectivity index (χ2n) is 3.97. The van der Waals surface area contributed by atoms with Gasteiger partial charge in [-0.05, 0) is 11.5 Å². The molecule has 0 saturated carbocycles. The van der Waals surface area contributed by atoms with Crippen molar-refractivity contribution in [2.24, 2.45) is 0 Å². The molecule has 3 nitrogen and oxygen atoms in total. The fourth-order valence-electron chi connectivity index (χ4n) is 1.77. The highest BCUT2D eigenvalue weighted by molar-refractivity contribution is 7.80. The molecular weight excluding hydrogens is 246 g/mol. The zero-order valence-electron chi connectivity index (χ0n) is 9.72. The van der Waals surface area contributed by atoms with Gasteiger partial charge in [0.1, 0.15) is 0 Å². The third-order valence-electron chi connectivity index (χ3n) is 2.63. The van der Waals surface area contributed by atoms with Crippen LogP contribution < -0.4 is 5.32 Å². The van der Waals surface area contributed by atoms with Crippen molar-refractivity contribution >= 4 is 39.6 Å². The van der Waals surface area contributed by atoms with Crippen LogP contribution in [0.5, 0.6) is 0 Å². The van der Waals surface area contributed by atoms with Crippen LogP contribution in [0.25, 0.3) is 10.8 Å². The second-order valence-corrected chi connectivity index (χ2v) is 4.46. The lowest BCUT2D eigenvalue weighted by molar-refractivity contribution is -0.136. The molecule has 0 spiro atoms. The third kappa shape index (κ3) is 3.05. The number of aliphatic carboxylic acids is 1. The fourth-order valence-corrected chi connectivity index (χ4v) is 1.98. The van der Waals surface area contributed by atoms with E-state index in [1.165, 1.54) is 0 Å². The van der Waals surface area contributed by atoms with Crippen molar-refractivity contribution in [2.75, 3.05) is 5.32 Å². The van der Waals surface area contributed by atoms with Gasteiger partial charge in [-0.1, -0.05) is 48.6 Å². The molecule has 0 saturated heterocycles. The molecule has 0 aliphatic rings. The largest absolute Gasteiger partial charge is 0.481 e. The van der Waals surface area contributed by atoms with Crippen molar-refractivity contribution in [3.63, 3.8) is 0 Å². The van der Waals surface area contributed by atoms with E-state index in [4.69, 9.17) is 17.3 Å². The molecule has 4 heteroatoms. The van der Waals surface area contributed by atoms with E-state index >= 15 is 0 Å². The minimum Gasteiger partial charge on any atom is -0.481 e. The van der Waals surface area contributed by atoms with Gasteiger partial charge in [0.05, 0.1) is 11.4 Å². The number of thiocarbonyl (C=S) groups is 1. The normalized spacial score (nSPS) is 10.2. The minimum absolute atomic E-state index is 0.0522. The van der Waals surface area contributed by atoms with Gasteiger partial charge in [0.15, 0.2) is 0 Å². The molecule has 0 aliphatic carbocycles. The Bertz CT molecular complexity index is 590. The molecule has 0 atom stereocenters. The number of nitrogens with one attached hydrogen (secondary N) is 1. The molecule has 2 N–H and O–H groups in total. The van der Waals surface area contributed by atoms with Gasteiger partial charge < -0.3 is 10.4 Å². The first-order valence-corrected chi connectivity index (χ1v) is 6.07. The first-order valence-electron chi connectivity index (χ1n) is 5.66. The molecule has 0 aromatic heterocycles. The molecule has 0 fully saturated rings. The zero-order valence-corrected chi connectivity index (χ0v) is 10.5. The van der Waals surface area contributed by atoms with E-state index in [1.807, 2.05) is 42.5 Å². The summed E-state index contributed by atoms with van der Waals surface area (Å²) in [5.74, 6) is -0.836. The van der Waals surface area contributed by atoms with E-state index in [-0.39, 0.29) is 6.42 Å². The van der Waals surface area contributed by atoms with Gasteiger partial charge in [-0.3, -0.25) is 4.79 Å². The molecule has 2 aromatic rings. The Morgan fingerprint density at radius 1 is 1.11 bits per heavy atom. The average molecular weight is 259 g/mol. The fraction of sp³-hybridized carbons (Fsp3) is 0.143. The summed E-state index contributed by atoms with van der Waals surface area (Å²) in [7, 11) is 0. The summed E-state index contributed by atoms with van der Waals surface area (Å²) in [6.07, 6.45) is 0.407. The topological polar surface area (TPSA) is 49.3 Å². The lowest BCUT2D eigenvalue weighted by Crippen LogP contribution is -2.11. The smallest absolute Gasteiger partial charge is 0.303 e. The minimum atomic E-state index is -0.836. The molecule has 0 radical (unpaired) electrons. The molecule has 0 amide bonds. The van der Waals surface area contributed by atoms with Gasteiger partial charge in [0.25, 0.3) is 0 Å². The maximum absolute atomic E-state index is 10.5. The molecule has 2 aromatic carbocycles. The van der Waals surface area contributed by atoms with Gasteiger partial charge in [0.2, 0.25) is 0 Å². The van der Waals surface area contributed by atoms with Gasteiger partial charge in [0, 0.05) is 17.5 Å². The number of fused-ring (bicyclic) bond motifs is 1. The van der Waals surface area contributed by atoms with Crippen molar-refractivity contribution in [1.29, 1.82) is 0 Å². The second kappa shape index (κ2) is 5.60. The maximum atomic E-state index is 10.5. The highest BCUT2D eigenvalue weighted by Crippen LogP contribution is 2.23. The number of carbonyl (C=O) groups is 1. The Morgan fingerprint density at radius 2 is 1.83 bits per heavy atom. The molecule has 0 aliphatic heterocycles. The van der Waals surface area contributed by atoms with E-state index in [9.17, 15) is 4.79 Å². The van der Waals surface area contributed by atoms with Crippen LogP contribution in [-0.2, 0) is 4.79 Å². The van der Waals surface area contributed by atoms with Gasteiger partial charge in [-0.15, -0.1) is 0 Å². The van der Waals surface area contributed by atoms with E-state index in [2.05, 4.69) is 5.32 Å². The lowest BCUT2D eigenvalue weighted by Gasteiger charge is -2.10. The van der Waals surface area contributed by atoms with Crippen molar-refractivity contribution in [2.45, 2.75) is 12.8 Å². The molecule has 0 heterocycles. The Balaban J connectivity index is 2.16. The number of carboxylic acids is 1. The highest BCUT2D eigenvalue weighted by atomic mass is 32.1. The Hall–Kier alpha value is -1.94. The van der Waals surface area contributed by atoms with Crippen LogP contribution in [0.3, 0.4) is 0 Å². The number of benzene rings is 2. The number of anilines is 1. The highest BCUT2D eigenvalue weighted by Gasteiger charge is 2.04. The first-order chi connectivity index (χ1) is 8.66. The summed E-state index contributed by atoms with van der Waals surface area (Å²) in [6.45, 7) is 0. The summed E-state index contributed by atoms with van der Waals surface area (Å²) in [6, 6.07) is 13.9. The number of rotatable bonds is 4. The van der Waals surface area contributed by atoms with E-state index in [1.54, 1.807) is 0 Å². The van der Waals surface area contributed by atoms with E-state index in [0.717, 1.165) is 16.5 Å².